The Morgan fingerprint density at radius 1 is 1.04 bits per heavy atom. The van der Waals surface area contributed by atoms with Crippen molar-refractivity contribution in [3.63, 3.8) is 0 Å². The van der Waals surface area contributed by atoms with E-state index >= 15 is 0 Å². The van der Waals surface area contributed by atoms with Gasteiger partial charge < -0.3 is 9.88 Å². The van der Waals surface area contributed by atoms with E-state index in [0.29, 0.717) is 11.3 Å². The Labute approximate surface area is 168 Å². The number of ketones is 1. The minimum atomic E-state index is -0.175. The summed E-state index contributed by atoms with van der Waals surface area (Å²) in [6.07, 6.45) is 1.99. The summed E-state index contributed by atoms with van der Waals surface area (Å²) in [7, 11) is 1.89. The summed E-state index contributed by atoms with van der Waals surface area (Å²) in [5.74, 6) is -0.195. The molecular weight excluding hydrogens is 372 g/mol. The van der Waals surface area contributed by atoms with Crippen molar-refractivity contribution in [1.82, 2.24) is 14.8 Å². The average Bonchev–Trinajstić information content (AvgIpc) is 3.08. The molecule has 1 aromatic heterocycles. The lowest BCUT2D eigenvalue weighted by atomic mass is 10.0. The molecule has 0 atom stereocenters. The fraction of sp³-hybridized carbons (Fsp3) is 0.238. The number of Topliss-reactive ketones (excluding diaryl/α,β-unsaturated/α-hetero) is 1. The smallest absolute Gasteiger partial charge is 0.224 e. The van der Waals surface area contributed by atoms with Crippen molar-refractivity contribution in [1.29, 1.82) is 0 Å². The Morgan fingerprint density at radius 3 is 2.43 bits per heavy atom. The summed E-state index contributed by atoms with van der Waals surface area (Å²) < 4.78 is 1.84. The quantitative estimate of drug-likeness (QED) is 0.608. The molecule has 28 heavy (non-hydrogen) atoms. The largest absolute Gasteiger partial charge is 0.326 e. The summed E-state index contributed by atoms with van der Waals surface area (Å²) in [5.41, 5.74) is 3.58. The Bertz CT molecular complexity index is 996. The predicted molar refractivity (Wildman–Crippen MR) is 110 cm³/mol. The first-order chi connectivity index (χ1) is 13.4. The van der Waals surface area contributed by atoms with Crippen LogP contribution >= 0.6 is 11.8 Å². The van der Waals surface area contributed by atoms with Crippen LogP contribution in [0.4, 0.5) is 5.69 Å². The average molecular weight is 395 g/mol. The molecule has 0 saturated carbocycles. The van der Waals surface area contributed by atoms with Crippen LogP contribution < -0.4 is 5.32 Å². The number of anilines is 1. The van der Waals surface area contributed by atoms with Gasteiger partial charge in [0.05, 0.1) is 0 Å². The number of rotatable bonds is 7. The van der Waals surface area contributed by atoms with E-state index in [1.807, 2.05) is 67.9 Å². The van der Waals surface area contributed by atoms with Crippen molar-refractivity contribution in [2.45, 2.75) is 36.7 Å². The zero-order valence-electron chi connectivity index (χ0n) is 16.1. The summed E-state index contributed by atoms with van der Waals surface area (Å²) in [6, 6.07) is 13.1. The predicted octanol–water partition coefficient (Wildman–Crippen LogP) is 4.18. The molecule has 1 N–H and O–H groups in total. The maximum Gasteiger partial charge on any atom is 0.224 e. The van der Waals surface area contributed by atoms with Crippen molar-refractivity contribution in [2.24, 2.45) is 7.05 Å². The number of carbonyl (C=O) groups excluding carboxylic acids is 2. The Morgan fingerprint density at radius 2 is 1.79 bits per heavy atom. The van der Waals surface area contributed by atoms with E-state index in [0.717, 1.165) is 21.2 Å². The van der Waals surface area contributed by atoms with Crippen LogP contribution in [-0.4, -0.2) is 26.5 Å². The van der Waals surface area contributed by atoms with Crippen molar-refractivity contribution >= 4 is 29.1 Å². The fourth-order valence-electron chi connectivity index (χ4n) is 2.59. The number of amides is 1. The summed E-state index contributed by atoms with van der Waals surface area (Å²) in [6.45, 7) is 3.99. The van der Waals surface area contributed by atoms with Gasteiger partial charge in [-0.2, -0.15) is 0 Å². The first kappa shape index (κ1) is 19.8. The van der Waals surface area contributed by atoms with E-state index < -0.39 is 0 Å². The zero-order valence-corrected chi connectivity index (χ0v) is 16.9. The number of carbonyl (C=O) groups is 2. The van der Waals surface area contributed by atoms with Crippen LogP contribution in [0.25, 0.3) is 0 Å². The Balaban J connectivity index is 1.51. The first-order valence-corrected chi connectivity index (χ1v) is 9.76. The van der Waals surface area contributed by atoms with E-state index in [-0.39, 0.29) is 24.5 Å². The Kier molecular flexibility index (Phi) is 6.26. The molecule has 0 radical (unpaired) electrons. The van der Waals surface area contributed by atoms with Gasteiger partial charge in [0, 0.05) is 36.0 Å². The van der Waals surface area contributed by atoms with Gasteiger partial charge in [-0.25, -0.2) is 0 Å². The number of aromatic nitrogens is 3. The summed E-state index contributed by atoms with van der Waals surface area (Å²) in [4.78, 5) is 25.5. The van der Waals surface area contributed by atoms with Crippen molar-refractivity contribution in [2.75, 3.05) is 5.32 Å². The summed E-state index contributed by atoms with van der Waals surface area (Å²) in [5, 5.41) is 11.5. The minimum Gasteiger partial charge on any atom is -0.326 e. The van der Waals surface area contributed by atoms with E-state index in [9.17, 15) is 9.59 Å². The van der Waals surface area contributed by atoms with Gasteiger partial charge in [-0.05, 0) is 67.1 Å². The van der Waals surface area contributed by atoms with E-state index in [1.54, 1.807) is 6.33 Å². The molecule has 6 nitrogen and oxygen atoms in total. The molecule has 3 aromatic rings. The number of aryl methyl sites for hydroxylation is 3. The van der Waals surface area contributed by atoms with Crippen molar-refractivity contribution < 1.29 is 9.59 Å². The third-order valence-corrected chi connectivity index (χ3v) is 5.49. The lowest BCUT2D eigenvalue weighted by Crippen LogP contribution is -2.13. The second kappa shape index (κ2) is 8.84. The molecule has 0 bridgehead atoms. The van der Waals surface area contributed by atoms with Crippen molar-refractivity contribution in [3.8, 4) is 0 Å². The number of hydrogen-bond donors (Lipinski definition) is 1. The molecule has 0 spiro atoms. The minimum absolute atomic E-state index is 0.0197. The van der Waals surface area contributed by atoms with Crippen LogP contribution in [0.3, 0.4) is 0 Å². The van der Waals surface area contributed by atoms with Gasteiger partial charge in [0.2, 0.25) is 5.91 Å². The standard InChI is InChI=1S/C21H22N4O2S/c1-14-4-5-16(12-15(14)2)19(26)10-11-20(27)23-17-6-8-18(9-7-17)28-21-24-22-13-25(21)3/h4-9,12-13H,10-11H2,1-3H3,(H,23,27). The van der Waals surface area contributed by atoms with Gasteiger partial charge in [-0.15, -0.1) is 10.2 Å². The Hall–Kier alpha value is -2.93. The lowest BCUT2D eigenvalue weighted by Gasteiger charge is -2.07. The second-order valence-corrected chi connectivity index (χ2v) is 7.66. The van der Waals surface area contributed by atoms with Gasteiger partial charge >= 0.3 is 0 Å². The van der Waals surface area contributed by atoms with Crippen LogP contribution in [0, 0.1) is 13.8 Å². The highest BCUT2D eigenvalue weighted by Gasteiger charge is 2.11. The molecule has 0 aliphatic heterocycles. The maximum atomic E-state index is 12.3. The van der Waals surface area contributed by atoms with Gasteiger partial charge in [0.1, 0.15) is 6.33 Å². The molecule has 0 fully saturated rings. The van der Waals surface area contributed by atoms with Gasteiger partial charge in [0.15, 0.2) is 10.9 Å². The molecule has 1 amide bonds. The third-order valence-electron chi connectivity index (χ3n) is 4.43. The molecule has 3 rings (SSSR count). The first-order valence-electron chi connectivity index (χ1n) is 8.94. The highest BCUT2D eigenvalue weighted by atomic mass is 32.2. The van der Waals surface area contributed by atoms with Crippen LogP contribution in [-0.2, 0) is 11.8 Å². The molecule has 7 heteroatoms. The van der Waals surface area contributed by atoms with Crippen LogP contribution in [0.5, 0.6) is 0 Å². The van der Waals surface area contributed by atoms with E-state index in [1.165, 1.54) is 11.8 Å². The topological polar surface area (TPSA) is 76.9 Å². The molecular formula is C21H22N4O2S. The maximum absolute atomic E-state index is 12.3. The van der Waals surface area contributed by atoms with Crippen molar-refractivity contribution in [3.05, 3.63) is 65.5 Å². The highest BCUT2D eigenvalue weighted by Crippen LogP contribution is 2.26. The second-order valence-electron chi connectivity index (χ2n) is 6.62. The van der Waals surface area contributed by atoms with Gasteiger partial charge in [-0.3, -0.25) is 9.59 Å². The lowest BCUT2D eigenvalue weighted by molar-refractivity contribution is -0.116. The molecule has 0 unspecified atom stereocenters. The normalized spacial score (nSPS) is 10.7. The van der Waals surface area contributed by atoms with Crippen LogP contribution in [0.2, 0.25) is 0 Å². The zero-order chi connectivity index (χ0) is 20.1. The SMILES string of the molecule is Cc1ccc(C(=O)CCC(=O)Nc2ccc(Sc3nncn3C)cc2)cc1C. The molecule has 2 aromatic carbocycles. The molecule has 144 valence electrons. The van der Waals surface area contributed by atoms with Crippen LogP contribution in [0.1, 0.15) is 34.3 Å². The molecule has 0 aliphatic carbocycles. The van der Waals surface area contributed by atoms with Gasteiger partial charge in [0.25, 0.3) is 0 Å². The number of benzene rings is 2. The third kappa shape index (κ3) is 5.07. The highest BCUT2D eigenvalue weighted by molar-refractivity contribution is 7.99. The molecule has 1 heterocycles. The van der Waals surface area contributed by atoms with E-state index in [2.05, 4.69) is 15.5 Å². The molecule has 0 saturated heterocycles. The number of nitrogens with one attached hydrogen (secondary N) is 1. The summed E-state index contributed by atoms with van der Waals surface area (Å²) >= 11 is 1.49. The molecule has 0 aliphatic rings. The van der Waals surface area contributed by atoms with Crippen LogP contribution in [0.15, 0.2) is 58.8 Å². The van der Waals surface area contributed by atoms with Gasteiger partial charge in [-0.1, -0.05) is 12.1 Å². The monoisotopic (exact) mass is 394 g/mol. The number of hydrogen-bond acceptors (Lipinski definition) is 5. The fourth-order valence-corrected chi connectivity index (χ4v) is 3.35. The number of nitrogens with zero attached hydrogens (tertiary/aromatic N) is 3. The van der Waals surface area contributed by atoms with E-state index in [4.69, 9.17) is 0 Å².